The maximum absolute atomic E-state index is 8.98. The molecule has 0 aromatic carbocycles. The summed E-state index contributed by atoms with van der Waals surface area (Å²) in [6, 6.07) is 0. The summed E-state index contributed by atoms with van der Waals surface area (Å²) >= 11 is 4.92. The van der Waals surface area contributed by atoms with Crippen molar-refractivity contribution in [3.05, 3.63) is 0 Å². The van der Waals surface area contributed by atoms with E-state index in [9.17, 15) is 0 Å². The third-order valence-corrected chi connectivity index (χ3v) is 5.04. The van der Waals surface area contributed by atoms with Crippen LogP contribution >= 0.6 is 45.2 Å². The molecule has 0 saturated carbocycles. The average molecular weight is 396 g/mol. The topological polar surface area (TPSA) is 20.2 Å². The van der Waals surface area contributed by atoms with Gasteiger partial charge in [-0.25, -0.2) is 0 Å². The van der Waals surface area contributed by atoms with Gasteiger partial charge in [0.1, 0.15) is 0 Å². The largest absolute Gasteiger partial charge is 0.396 e. The van der Waals surface area contributed by atoms with Crippen LogP contribution in [0.15, 0.2) is 0 Å². The smallest absolute Gasteiger partial charge is 0.0466 e. The first-order valence-corrected chi connectivity index (χ1v) is 6.87. The summed E-state index contributed by atoms with van der Waals surface area (Å²) in [6.07, 6.45) is 1.25. The minimum atomic E-state index is 0.313. The Balaban J connectivity index is 3.83. The molecule has 0 radical (unpaired) electrons. The summed E-state index contributed by atoms with van der Waals surface area (Å²) in [5, 5.41) is 8.98. The van der Waals surface area contributed by atoms with Crippen LogP contribution in [0, 0.1) is 11.8 Å². The van der Waals surface area contributed by atoms with Gasteiger partial charge in [-0.1, -0.05) is 66.0 Å². The Bertz CT molecular complexity index is 117. The van der Waals surface area contributed by atoms with Crippen LogP contribution in [0.2, 0.25) is 0 Å². The van der Waals surface area contributed by atoms with Crippen molar-refractivity contribution < 1.29 is 5.11 Å². The zero-order valence-corrected chi connectivity index (χ0v) is 12.2. The minimum absolute atomic E-state index is 0.313. The fourth-order valence-electron chi connectivity index (χ4n) is 1.30. The number of aliphatic hydroxyl groups excluding tert-OH is 1. The second kappa shape index (κ2) is 6.81. The molecular weight excluding hydrogens is 378 g/mol. The van der Waals surface area contributed by atoms with Crippen LogP contribution in [0.3, 0.4) is 0 Å². The monoisotopic (exact) mass is 396 g/mol. The summed E-state index contributed by atoms with van der Waals surface area (Å²) in [4.78, 5) is 0. The van der Waals surface area contributed by atoms with Gasteiger partial charge < -0.3 is 5.11 Å². The van der Waals surface area contributed by atoms with Gasteiger partial charge in [0.25, 0.3) is 0 Å². The normalized spacial score (nSPS) is 21.5. The third kappa shape index (κ3) is 5.21. The Kier molecular flexibility index (Phi) is 7.62. The molecule has 4 atom stereocenters. The highest BCUT2D eigenvalue weighted by Gasteiger charge is 2.20. The summed E-state index contributed by atoms with van der Waals surface area (Å²) in [5.41, 5.74) is 0. The maximum Gasteiger partial charge on any atom is 0.0466 e. The quantitative estimate of drug-likeness (QED) is 0.559. The van der Waals surface area contributed by atoms with Crippen molar-refractivity contribution in [2.24, 2.45) is 11.8 Å². The lowest BCUT2D eigenvalue weighted by Crippen LogP contribution is -2.23. The molecule has 3 heteroatoms. The SMILES string of the molecule is CC(I)CC(C)C(I)C(C)CO. The van der Waals surface area contributed by atoms with Crippen LogP contribution in [-0.2, 0) is 0 Å². The number of rotatable bonds is 5. The summed E-state index contributed by atoms with van der Waals surface area (Å²) < 4.78 is 1.34. The van der Waals surface area contributed by atoms with Gasteiger partial charge in [-0.05, 0) is 18.3 Å². The van der Waals surface area contributed by atoms with E-state index in [1.165, 1.54) is 6.42 Å². The molecular formula is C9H18I2O. The second-order valence-corrected chi connectivity index (χ2v) is 7.16. The average Bonchev–Trinajstić information content (AvgIpc) is 2.00. The van der Waals surface area contributed by atoms with Gasteiger partial charge in [0.15, 0.2) is 0 Å². The molecule has 0 aliphatic rings. The zero-order valence-electron chi connectivity index (χ0n) is 7.93. The van der Waals surface area contributed by atoms with Crippen molar-refractivity contribution >= 4 is 45.2 Å². The van der Waals surface area contributed by atoms with Crippen LogP contribution < -0.4 is 0 Å². The highest BCUT2D eigenvalue weighted by Crippen LogP contribution is 2.27. The van der Waals surface area contributed by atoms with Gasteiger partial charge in [-0.15, -0.1) is 0 Å². The van der Waals surface area contributed by atoms with Crippen LogP contribution in [0.1, 0.15) is 27.2 Å². The van der Waals surface area contributed by atoms with Crippen molar-refractivity contribution in [1.82, 2.24) is 0 Å². The summed E-state index contributed by atoms with van der Waals surface area (Å²) in [6.45, 7) is 6.95. The Morgan fingerprint density at radius 1 is 1.08 bits per heavy atom. The van der Waals surface area contributed by atoms with E-state index >= 15 is 0 Å². The molecule has 0 spiro atoms. The Morgan fingerprint density at radius 3 is 1.92 bits per heavy atom. The van der Waals surface area contributed by atoms with E-state index in [-0.39, 0.29) is 0 Å². The van der Waals surface area contributed by atoms with Gasteiger partial charge in [0.05, 0.1) is 0 Å². The van der Waals surface area contributed by atoms with E-state index in [4.69, 9.17) is 5.11 Å². The Morgan fingerprint density at radius 2 is 1.58 bits per heavy atom. The number of hydrogen-bond donors (Lipinski definition) is 1. The first-order valence-electron chi connectivity index (χ1n) is 4.38. The van der Waals surface area contributed by atoms with Gasteiger partial charge in [-0.2, -0.15) is 0 Å². The maximum atomic E-state index is 8.98. The van der Waals surface area contributed by atoms with E-state index in [1.54, 1.807) is 0 Å². The lowest BCUT2D eigenvalue weighted by molar-refractivity contribution is 0.223. The number of hydrogen-bond acceptors (Lipinski definition) is 1. The van der Waals surface area contributed by atoms with Crippen molar-refractivity contribution in [3.63, 3.8) is 0 Å². The molecule has 0 aromatic rings. The fraction of sp³-hybridized carbons (Fsp3) is 1.00. The Labute approximate surface area is 103 Å². The number of aliphatic hydroxyl groups is 1. The lowest BCUT2D eigenvalue weighted by Gasteiger charge is -2.23. The van der Waals surface area contributed by atoms with E-state index in [0.717, 1.165) is 3.92 Å². The highest BCUT2D eigenvalue weighted by molar-refractivity contribution is 14.1. The molecule has 0 bridgehead atoms. The highest BCUT2D eigenvalue weighted by atomic mass is 127. The predicted molar refractivity (Wildman–Crippen MR) is 71.3 cm³/mol. The number of alkyl halides is 2. The lowest BCUT2D eigenvalue weighted by atomic mass is 9.94. The molecule has 0 aliphatic heterocycles. The molecule has 0 saturated heterocycles. The summed E-state index contributed by atoms with van der Waals surface area (Å²) in [7, 11) is 0. The van der Waals surface area contributed by atoms with Crippen LogP contribution in [0.4, 0.5) is 0 Å². The molecule has 4 unspecified atom stereocenters. The molecule has 0 amide bonds. The Hall–Kier alpha value is 1.42. The molecule has 1 nitrogen and oxygen atoms in total. The molecule has 12 heavy (non-hydrogen) atoms. The van der Waals surface area contributed by atoms with Gasteiger partial charge in [0.2, 0.25) is 0 Å². The number of halogens is 2. The van der Waals surface area contributed by atoms with Crippen LogP contribution in [0.5, 0.6) is 0 Å². The van der Waals surface area contributed by atoms with Gasteiger partial charge in [0, 0.05) is 14.5 Å². The molecule has 74 valence electrons. The predicted octanol–water partition coefficient (Wildman–Crippen LogP) is 3.27. The zero-order chi connectivity index (χ0) is 9.72. The second-order valence-electron chi connectivity index (χ2n) is 3.60. The van der Waals surface area contributed by atoms with Crippen LogP contribution in [0.25, 0.3) is 0 Å². The molecule has 0 rings (SSSR count). The van der Waals surface area contributed by atoms with Gasteiger partial charge in [-0.3, -0.25) is 0 Å². The standard InChI is InChI=1S/C9H18I2O/c1-6(4-8(3)10)9(11)7(2)5-12/h6-9,12H,4-5H2,1-3H3. The molecule has 1 N–H and O–H groups in total. The minimum Gasteiger partial charge on any atom is -0.396 e. The van der Waals surface area contributed by atoms with E-state index in [0.29, 0.717) is 22.4 Å². The fourth-order valence-corrected chi connectivity index (χ4v) is 2.63. The molecule has 0 aromatic heterocycles. The molecule has 0 aliphatic carbocycles. The van der Waals surface area contributed by atoms with Crippen molar-refractivity contribution in [3.8, 4) is 0 Å². The van der Waals surface area contributed by atoms with Crippen molar-refractivity contribution in [1.29, 1.82) is 0 Å². The van der Waals surface area contributed by atoms with E-state index < -0.39 is 0 Å². The van der Waals surface area contributed by atoms with Crippen LogP contribution in [-0.4, -0.2) is 19.6 Å². The molecule has 0 heterocycles. The van der Waals surface area contributed by atoms with E-state index in [1.807, 2.05) is 0 Å². The molecule has 0 fully saturated rings. The van der Waals surface area contributed by atoms with Crippen molar-refractivity contribution in [2.75, 3.05) is 6.61 Å². The summed E-state index contributed by atoms with van der Waals surface area (Å²) in [5.74, 6) is 1.13. The van der Waals surface area contributed by atoms with Crippen molar-refractivity contribution in [2.45, 2.75) is 35.0 Å². The first-order chi connectivity index (χ1) is 5.49. The van der Waals surface area contributed by atoms with Gasteiger partial charge >= 0.3 is 0 Å². The third-order valence-electron chi connectivity index (χ3n) is 2.07. The van der Waals surface area contributed by atoms with E-state index in [2.05, 4.69) is 66.0 Å². The first kappa shape index (κ1) is 13.4.